The van der Waals surface area contributed by atoms with Crippen LogP contribution in [0.15, 0.2) is 12.1 Å². The van der Waals surface area contributed by atoms with Gasteiger partial charge in [0.1, 0.15) is 0 Å². The minimum atomic E-state index is -1.01. The normalized spacial score (nSPS) is 20.2. The Morgan fingerprint density at radius 3 is 2.94 bits per heavy atom. The van der Waals surface area contributed by atoms with Gasteiger partial charge in [0.25, 0.3) is 0 Å². The van der Waals surface area contributed by atoms with Crippen molar-refractivity contribution in [3.8, 4) is 5.75 Å². The maximum absolute atomic E-state index is 13.4. The Hall–Kier alpha value is -1.36. The second-order valence-corrected chi connectivity index (χ2v) is 4.30. The fourth-order valence-corrected chi connectivity index (χ4v) is 1.96. The number of nitrogens with two attached hydrogens (primary N) is 1. The van der Waals surface area contributed by atoms with Gasteiger partial charge in [0.15, 0.2) is 11.6 Å². The van der Waals surface area contributed by atoms with Crippen molar-refractivity contribution in [3.05, 3.63) is 23.8 Å². The zero-order chi connectivity index (χ0) is 12.3. The highest BCUT2D eigenvalue weighted by Crippen LogP contribution is 2.28. The first-order valence-corrected chi connectivity index (χ1v) is 5.75. The van der Waals surface area contributed by atoms with E-state index in [4.69, 9.17) is 10.5 Å². The summed E-state index contributed by atoms with van der Waals surface area (Å²) in [5.41, 5.74) is 5.69. The van der Waals surface area contributed by atoms with Gasteiger partial charge in [-0.15, -0.1) is 0 Å². The smallest absolute Gasteiger partial charge is 0.202 e. The number of hydrogen-bond donors (Lipinski definition) is 2. The molecule has 1 aromatic carbocycles. The highest BCUT2D eigenvalue weighted by Gasteiger charge is 2.17. The molecule has 1 atom stereocenters. The number of nitrogen functional groups attached to an aromatic ring is 1. The van der Waals surface area contributed by atoms with Crippen LogP contribution in [0.4, 0.5) is 14.5 Å². The molecule has 1 saturated heterocycles. The van der Waals surface area contributed by atoms with Crippen LogP contribution in [-0.4, -0.2) is 19.7 Å². The van der Waals surface area contributed by atoms with E-state index in [1.807, 2.05) is 0 Å². The van der Waals surface area contributed by atoms with Gasteiger partial charge < -0.3 is 15.8 Å². The van der Waals surface area contributed by atoms with E-state index in [9.17, 15) is 8.78 Å². The molecule has 2 rings (SSSR count). The molecule has 1 heterocycles. The predicted octanol–water partition coefficient (Wildman–Crippen LogP) is 1.93. The number of rotatable bonds is 3. The Kier molecular flexibility index (Phi) is 3.78. The molecule has 94 valence electrons. The lowest BCUT2D eigenvalue weighted by molar-refractivity contribution is 0.210. The van der Waals surface area contributed by atoms with Crippen LogP contribution in [-0.2, 0) is 0 Å². The topological polar surface area (TPSA) is 47.3 Å². The number of ether oxygens (including phenoxy) is 1. The molecular weight excluding hydrogens is 226 g/mol. The number of benzene rings is 1. The third-order valence-corrected chi connectivity index (χ3v) is 2.94. The monoisotopic (exact) mass is 242 g/mol. The van der Waals surface area contributed by atoms with Crippen molar-refractivity contribution in [2.75, 3.05) is 25.4 Å². The van der Waals surface area contributed by atoms with E-state index in [1.165, 1.54) is 6.07 Å². The second kappa shape index (κ2) is 5.31. The average Bonchev–Trinajstić information content (AvgIpc) is 2.35. The number of halogens is 2. The van der Waals surface area contributed by atoms with Crippen molar-refractivity contribution < 1.29 is 13.5 Å². The first-order valence-electron chi connectivity index (χ1n) is 5.75. The molecule has 0 spiro atoms. The fraction of sp³-hybridized carbons (Fsp3) is 0.500. The quantitative estimate of drug-likeness (QED) is 0.796. The second-order valence-electron chi connectivity index (χ2n) is 4.30. The van der Waals surface area contributed by atoms with Crippen molar-refractivity contribution in [2.24, 2.45) is 5.92 Å². The molecule has 1 aliphatic rings. The third-order valence-electron chi connectivity index (χ3n) is 2.94. The summed E-state index contributed by atoms with van der Waals surface area (Å²) in [5, 5.41) is 3.23. The van der Waals surface area contributed by atoms with Crippen molar-refractivity contribution >= 4 is 5.69 Å². The van der Waals surface area contributed by atoms with Crippen LogP contribution >= 0.6 is 0 Å². The van der Waals surface area contributed by atoms with E-state index in [0.29, 0.717) is 12.5 Å². The number of anilines is 1. The van der Waals surface area contributed by atoms with E-state index in [-0.39, 0.29) is 11.4 Å². The molecule has 1 unspecified atom stereocenters. The minimum Gasteiger partial charge on any atom is -0.488 e. The molecular formula is C12H16F2N2O. The van der Waals surface area contributed by atoms with Crippen LogP contribution in [0.2, 0.25) is 0 Å². The predicted molar refractivity (Wildman–Crippen MR) is 61.9 cm³/mol. The van der Waals surface area contributed by atoms with Crippen LogP contribution in [0.3, 0.4) is 0 Å². The largest absolute Gasteiger partial charge is 0.488 e. The Bertz CT molecular complexity index is 392. The summed E-state index contributed by atoms with van der Waals surface area (Å²) >= 11 is 0. The molecule has 0 saturated carbocycles. The maximum Gasteiger partial charge on any atom is 0.202 e. The first kappa shape index (κ1) is 12.1. The van der Waals surface area contributed by atoms with Gasteiger partial charge in [-0.1, -0.05) is 0 Å². The van der Waals surface area contributed by atoms with Crippen LogP contribution in [0.1, 0.15) is 12.8 Å². The van der Waals surface area contributed by atoms with Gasteiger partial charge in [-0.3, -0.25) is 0 Å². The summed E-state index contributed by atoms with van der Waals surface area (Å²) in [6.45, 7) is 2.21. The molecule has 1 aromatic rings. The van der Waals surface area contributed by atoms with E-state index < -0.39 is 11.6 Å². The SMILES string of the molecule is Nc1ccc(F)c(F)c1OCC1CCCNC1. The van der Waals surface area contributed by atoms with Crippen molar-refractivity contribution in [2.45, 2.75) is 12.8 Å². The molecule has 3 nitrogen and oxygen atoms in total. The lowest BCUT2D eigenvalue weighted by Gasteiger charge is -2.23. The first-order chi connectivity index (χ1) is 8.18. The van der Waals surface area contributed by atoms with Gasteiger partial charge in [0.05, 0.1) is 12.3 Å². The molecule has 0 amide bonds. The third kappa shape index (κ3) is 2.85. The van der Waals surface area contributed by atoms with Crippen LogP contribution in [0.5, 0.6) is 5.75 Å². The Balaban J connectivity index is 2.00. The van der Waals surface area contributed by atoms with Crippen molar-refractivity contribution in [3.63, 3.8) is 0 Å². The Labute approximate surface area is 98.9 Å². The molecule has 0 radical (unpaired) electrons. The summed E-state index contributed by atoms with van der Waals surface area (Å²) in [4.78, 5) is 0. The van der Waals surface area contributed by atoms with Gasteiger partial charge >= 0.3 is 0 Å². The zero-order valence-electron chi connectivity index (χ0n) is 9.51. The molecule has 1 fully saturated rings. The molecule has 0 bridgehead atoms. The van der Waals surface area contributed by atoms with E-state index in [1.54, 1.807) is 0 Å². The Morgan fingerprint density at radius 2 is 2.24 bits per heavy atom. The highest BCUT2D eigenvalue weighted by molar-refractivity contribution is 5.53. The summed E-state index contributed by atoms with van der Waals surface area (Å²) in [6.07, 6.45) is 2.11. The highest BCUT2D eigenvalue weighted by atomic mass is 19.2. The maximum atomic E-state index is 13.4. The van der Waals surface area contributed by atoms with Crippen LogP contribution in [0, 0.1) is 17.6 Å². The minimum absolute atomic E-state index is 0.132. The molecule has 5 heteroatoms. The number of piperidine rings is 1. The summed E-state index contributed by atoms with van der Waals surface area (Å²) in [6, 6.07) is 2.31. The lowest BCUT2D eigenvalue weighted by Crippen LogP contribution is -2.33. The molecule has 0 aromatic heterocycles. The molecule has 0 aliphatic carbocycles. The van der Waals surface area contributed by atoms with E-state index in [0.717, 1.165) is 32.0 Å². The lowest BCUT2D eigenvalue weighted by atomic mass is 10.0. The average molecular weight is 242 g/mol. The van der Waals surface area contributed by atoms with Gasteiger partial charge in [0.2, 0.25) is 5.82 Å². The summed E-state index contributed by atoms with van der Waals surface area (Å²) in [7, 11) is 0. The van der Waals surface area contributed by atoms with Crippen LogP contribution in [0.25, 0.3) is 0 Å². The van der Waals surface area contributed by atoms with Crippen molar-refractivity contribution in [1.82, 2.24) is 5.32 Å². The van der Waals surface area contributed by atoms with Gasteiger partial charge in [-0.25, -0.2) is 4.39 Å². The molecule has 3 N–H and O–H groups in total. The number of hydrogen-bond acceptors (Lipinski definition) is 3. The van der Waals surface area contributed by atoms with E-state index >= 15 is 0 Å². The van der Waals surface area contributed by atoms with Gasteiger partial charge in [-0.2, -0.15) is 4.39 Å². The fourth-order valence-electron chi connectivity index (χ4n) is 1.96. The molecule has 1 aliphatic heterocycles. The van der Waals surface area contributed by atoms with Gasteiger partial charge in [-0.05, 0) is 31.5 Å². The van der Waals surface area contributed by atoms with E-state index in [2.05, 4.69) is 5.32 Å². The van der Waals surface area contributed by atoms with Gasteiger partial charge in [0, 0.05) is 12.5 Å². The van der Waals surface area contributed by atoms with Crippen molar-refractivity contribution in [1.29, 1.82) is 0 Å². The Morgan fingerprint density at radius 1 is 1.41 bits per heavy atom. The summed E-state index contributed by atoms with van der Waals surface area (Å²) < 4.78 is 31.7. The van der Waals surface area contributed by atoms with Crippen LogP contribution < -0.4 is 15.8 Å². The standard InChI is InChI=1S/C12H16F2N2O/c13-9-3-4-10(15)12(11(9)14)17-7-8-2-1-5-16-6-8/h3-4,8,16H,1-2,5-7,15H2. The molecule has 17 heavy (non-hydrogen) atoms. The number of nitrogens with one attached hydrogen (secondary N) is 1. The summed E-state index contributed by atoms with van der Waals surface area (Å²) in [5.74, 6) is -1.79. The zero-order valence-corrected chi connectivity index (χ0v) is 9.51.